The summed E-state index contributed by atoms with van der Waals surface area (Å²) in [5.41, 5.74) is 7.33. The number of thioether (sulfide) groups is 2. The third-order valence-corrected chi connectivity index (χ3v) is 6.34. The summed E-state index contributed by atoms with van der Waals surface area (Å²) in [6.45, 7) is 10.3. The van der Waals surface area contributed by atoms with Crippen LogP contribution in [0.25, 0.3) is 5.65 Å². The van der Waals surface area contributed by atoms with Crippen LogP contribution >= 0.6 is 23.5 Å². The van der Waals surface area contributed by atoms with E-state index >= 15 is 0 Å². The monoisotopic (exact) mass is 434 g/mol. The molecule has 1 aliphatic heterocycles. The Balaban J connectivity index is 1.82. The van der Waals surface area contributed by atoms with Crippen LogP contribution in [0.4, 0.5) is 5.69 Å². The van der Waals surface area contributed by atoms with Crippen LogP contribution in [0.1, 0.15) is 58.0 Å². The summed E-state index contributed by atoms with van der Waals surface area (Å²) in [4.78, 5) is 11.0. The molecule has 10 nitrogen and oxygen atoms in total. The number of nitrogens with two attached hydrogens (primary N) is 1. The molecule has 4 heterocycles. The van der Waals surface area contributed by atoms with Gasteiger partial charge in [-0.1, -0.05) is 34.6 Å². The zero-order valence-corrected chi connectivity index (χ0v) is 18.9. The number of fused-ring (bicyclic) bond motifs is 2. The predicted octanol–water partition coefficient (Wildman–Crippen LogP) is 2.60. The number of H-pyrrole nitrogens is 1. The van der Waals surface area contributed by atoms with Gasteiger partial charge in [-0.2, -0.15) is 4.63 Å². The van der Waals surface area contributed by atoms with Crippen LogP contribution in [-0.2, 0) is 12.1 Å². The molecule has 0 spiro atoms. The summed E-state index contributed by atoms with van der Waals surface area (Å²) in [6.07, 6.45) is 0.789. The first-order valence-corrected chi connectivity index (χ1v) is 11.7. The molecule has 3 aromatic heterocycles. The minimum atomic E-state index is -1.10. The molecule has 12 heteroatoms. The lowest BCUT2D eigenvalue weighted by molar-refractivity contribution is 0.624. The van der Waals surface area contributed by atoms with Crippen LogP contribution in [0.5, 0.6) is 0 Å². The SMILES string of the molecule is CCSC1=Nn2nc(C(C)C)nc2C1(N)Nc1c(SCC)nn2[nH]c(CC)nc12. The maximum atomic E-state index is 6.93. The van der Waals surface area contributed by atoms with Crippen LogP contribution in [0.15, 0.2) is 10.1 Å². The van der Waals surface area contributed by atoms with Crippen molar-refractivity contribution < 1.29 is 0 Å². The number of aromatic nitrogens is 7. The molecule has 0 saturated carbocycles. The molecule has 3 aromatic rings. The van der Waals surface area contributed by atoms with Gasteiger partial charge in [-0.15, -0.1) is 43.6 Å². The van der Waals surface area contributed by atoms with E-state index in [-0.39, 0.29) is 5.92 Å². The molecule has 0 amide bonds. The molecule has 0 aliphatic carbocycles. The minimum absolute atomic E-state index is 0.183. The molecule has 29 heavy (non-hydrogen) atoms. The number of aryl methyl sites for hydroxylation is 1. The van der Waals surface area contributed by atoms with Crippen LogP contribution in [0.3, 0.4) is 0 Å². The summed E-state index contributed by atoms with van der Waals surface area (Å²) in [7, 11) is 0. The van der Waals surface area contributed by atoms with E-state index in [1.807, 2.05) is 6.92 Å². The number of nitrogens with one attached hydrogen (secondary N) is 2. The number of anilines is 1. The molecule has 156 valence electrons. The van der Waals surface area contributed by atoms with E-state index in [0.29, 0.717) is 11.5 Å². The second-order valence-corrected chi connectivity index (χ2v) is 9.49. The Morgan fingerprint density at radius 3 is 2.55 bits per heavy atom. The van der Waals surface area contributed by atoms with Crippen LogP contribution < -0.4 is 11.1 Å². The first-order valence-electron chi connectivity index (χ1n) is 9.78. The van der Waals surface area contributed by atoms with Gasteiger partial charge < -0.3 is 5.32 Å². The fourth-order valence-corrected chi connectivity index (χ4v) is 4.56. The lowest BCUT2D eigenvalue weighted by Gasteiger charge is -2.26. The lowest BCUT2D eigenvalue weighted by Crippen LogP contribution is -2.49. The van der Waals surface area contributed by atoms with E-state index < -0.39 is 5.66 Å². The van der Waals surface area contributed by atoms with Crippen molar-refractivity contribution in [2.75, 3.05) is 16.8 Å². The van der Waals surface area contributed by atoms with Crippen molar-refractivity contribution in [1.82, 2.24) is 34.7 Å². The Labute approximate surface area is 177 Å². The predicted molar refractivity (Wildman–Crippen MR) is 118 cm³/mol. The molecule has 0 bridgehead atoms. The van der Waals surface area contributed by atoms with Gasteiger partial charge in [0.15, 0.2) is 17.3 Å². The first-order chi connectivity index (χ1) is 13.9. The summed E-state index contributed by atoms with van der Waals surface area (Å²) < 4.78 is 1.70. The summed E-state index contributed by atoms with van der Waals surface area (Å²) in [5.74, 6) is 4.06. The van der Waals surface area contributed by atoms with Gasteiger partial charge in [-0.05, 0) is 11.5 Å². The van der Waals surface area contributed by atoms with Gasteiger partial charge in [0.05, 0.1) is 0 Å². The number of aromatic amines is 1. The second kappa shape index (κ2) is 7.65. The van der Waals surface area contributed by atoms with Crippen LogP contribution in [0, 0.1) is 0 Å². The number of hydrogen-bond donors (Lipinski definition) is 3. The van der Waals surface area contributed by atoms with Crippen molar-refractivity contribution >= 4 is 39.9 Å². The van der Waals surface area contributed by atoms with Crippen molar-refractivity contribution in [3.8, 4) is 0 Å². The topological polar surface area (TPSA) is 127 Å². The largest absolute Gasteiger partial charge is 0.350 e. The van der Waals surface area contributed by atoms with Gasteiger partial charge in [0, 0.05) is 12.3 Å². The lowest BCUT2D eigenvalue weighted by atomic mass is 10.1. The Morgan fingerprint density at radius 1 is 1.14 bits per heavy atom. The third-order valence-electron chi connectivity index (χ3n) is 4.52. The molecule has 1 unspecified atom stereocenters. The quantitative estimate of drug-likeness (QED) is 0.382. The Hall–Kier alpha value is -2.05. The van der Waals surface area contributed by atoms with E-state index in [4.69, 9.17) is 15.7 Å². The van der Waals surface area contributed by atoms with Crippen LogP contribution in [0.2, 0.25) is 0 Å². The third kappa shape index (κ3) is 3.32. The van der Waals surface area contributed by atoms with Gasteiger partial charge in [-0.25, -0.2) is 9.97 Å². The molecular weight excluding hydrogens is 408 g/mol. The Morgan fingerprint density at radius 2 is 1.90 bits per heavy atom. The molecule has 1 atom stereocenters. The van der Waals surface area contributed by atoms with Crippen molar-refractivity contribution in [3.05, 3.63) is 17.5 Å². The zero-order valence-electron chi connectivity index (χ0n) is 17.2. The summed E-state index contributed by atoms with van der Waals surface area (Å²) in [6, 6.07) is 0. The molecule has 4 N–H and O–H groups in total. The van der Waals surface area contributed by atoms with Crippen LogP contribution in [-0.4, -0.2) is 51.2 Å². The highest BCUT2D eigenvalue weighted by atomic mass is 32.2. The van der Waals surface area contributed by atoms with E-state index in [1.165, 1.54) is 0 Å². The van der Waals surface area contributed by atoms with Crippen molar-refractivity contribution in [3.63, 3.8) is 0 Å². The van der Waals surface area contributed by atoms with Crippen molar-refractivity contribution in [2.45, 2.75) is 57.6 Å². The second-order valence-electron chi connectivity index (χ2n) is 6.98. The Bertz CT molecular complexity index is 1060. The van der Waals surface area contributed by atoms with Gasteiger partial charge in [0.2, 0.25) is 5.66 Å². The standard InChI is InChI=1S/C17H26N10S2/c1-6-10-19-13-11(14(28-7-2)24-26(13)22-10)21-17(18)15-20-12(9(4)5)23-27(15)25-16(17)29-8-3/h9,21H,6-8,18H2,1-5H3,(H,19,22). The average molecular weight is 435 g/mol. The van der Waals surface area contributed by atoms with Gasteiger partial charge >= 0.3 is 0 Å². The zero-order chi connectivity index (χ0) is 20.8. The molecular formula is C17H26N10S2. The van der Waals surface area contributed by atoms with Crippen molar-refractivity contribution in [2.24, 2.45) is 10.8 Å². The summed E-state index contributed by atoms with van der Waals surface area (Å²) >= 11 is 3.21. The van der Waals surface area contributed by atoms with E-state index in [9.17, 15) is 0 Å². The molecule has 1 aliphatic rings. The van der Waals surface area contributed by atoms with Crippen molar-refractivity contribution in [1.29, 1.82) is 0 Å². The fraction of sp³-hybridized carbons (Fsp3) is 0.588. The van der Waals surface area contributed by atoms with Gasteiger partial charge in [0.25, 0.3) is 0 Å². The van der Waals surface area contributed by atoms with Gasteiger partial charge in [-0.3, -0.25) is 10.8 Å². The highest BCUT2D eigenvalue weighted by Gasteiger charge is 2.46. The van der Waals surface area contributed by atoms with E-state index in [2.05, 4.69) is 53.4 Å². The smallest absolute Gasteiger partial charge is 0.201 e. The Kier molecular flexibility index (Phi) is 5.34. The summed E-state index contributed by atoms with van der Waals surface area (Å²) in [5, 5.41) is 22.1. The van der Waals surface area contributed by atoms with Gasteiger partial charge in [0.1, 0.15) is 21.6 Å². The maximum Gasteiger partial charge on any atom is 0.201 e. The average Bonchev–Trinajstić information content (AvgIpc) is 3.40. The van der Waals surface area contributed by atoms with E-state index in [0.717, 1.165) is 45.3 Å². The normalized spacial score (nSPS) is 18.7. The minimum Gasteiger partial charge on any atom is -0.350 e. The first kappa shape index (κ1) is 20.2. The molecule has 0 fully saturated rings. The highest BCUT2D eigenvalue weighted by molar-refractivity contribution is 8.14. The molecule has 4 rings (SSSR count). The maximum absolute atomic E-state index is 6.93. The molecule has 0 saturated heterocycles. The number of nitrogens with zero attached hydrogens (tertiary/aromatic N) is 7. The number of hydrogen-bond acceptors (Lipinski definition) is 9. The fourth-order valence-electron chi connectivity index (χ4n) is 3.08. The van der Waals surface area contributed by atoms with E-state index in [1.54, 1.807) is 32.9 Å². The number of rotatable bonds is 7. The molecule has 0 radical (unpaired) electrons. The highest BCUT2D eigenvalue weighted by Crippen LogP contribution is 2.37. The molecule has 0 aromatic carbocycles.